The second-order valence-electron chi connectivity index (χ2n) is 5.36. The van der Waals surface area contributed by atoms with E-state index in [4.69, 9.17) is 0 Å². The molecule has 0 saturated heterocycles. The lowest BCUT2D eigenvalue weighted by Gasteiger charge is -2.17. The maximum absolute atomic E-state index is 12.9. The molecule has 2 rings (SSSR count). The summed E-state index contributed by atoms with van der Waals surface area (Å²) in [6, 6.07) is 0. The topological polar surface area (TPSA) is 56.0 Å². The van der Waals surface area contributed by atoms with E-state index in [-0.39, 0.29) is 16.7 Å². The molecule has 10 heteroatoms. The van der Waals surface area contributed by atoms with E-state index in [1.165, 1.54) is 19.0 Å². The van der Waals surface area contributed by atoms with Crippen molar-refractivity contribution >= 4 is 21.8 Å². The van der Waals surface area contributed by atoms with E-state index < -0.39 is 17.8 Å². The largest absolute Gasteiger partial charge is 0.436 e. The minimum atomic E-state index is -4.63. The molecule has 0 radical (unpaired) electrons. The van der Waals surface area contributed by atoms with Gasteiger partial charge in [0, 0.05) is 38.4 Å². The Hall–Kier alpha value is -1.84. The summed E-state index contributed by atoms with van der Waals surface area (Å²) < 4.78 is 41.1. The molecule has 132 valence electrons. The average molecular weight is 408 g/mol. The molecular weight excluding hydrogens is 391 g/mol. The minimum absolute atomic E-state index is 0.148. The highest BCUT2D eigenvalue weighted by Gasteiger charge is 2.39. The summed E-state index contributed by atoms with van der Waals surface area (Å²) in [7, 11) is 2.83. The van der Waals surface area contributed by atoms with Crippen LogP contribution < -0.4 is 0 Å². The van der Waals surface area contributed by atoms with E-state index in [2.05, 4.69) is 26.1 Å². The molecule has 0 aromatic carbocycles. The maximum Gasteiger partial charge on any atom is 0.436 e. The lowest BCUT2D eigenvalue weighted by Crippen LogP contribution is -2.28. The first-order valence-electron chi connectivity index (χ1n) is 7.14. The molecule has 0 atom stereocenters. The van der Waals surface area contributed by atoms with Crippen molar-refractivity contribution in [3.05, 3.63) is 33.3 Å². The molecular formula is C14H17BrF3N5O. The van der Waals surface area contributed by atoms with Gasteiger partial charge in [-0.1, -0.05) is 0 Å². The van der Waals surface area contributed by atoms with Crippen LogP contribution in [0.25, 0.3) is 0 Å². The van der Waals surface area contributed by atoms with Crippen LogP contribution in [-0.2, 0) is 26.3 Å². The lowest BCUT2D eigenvalue weighted by molar-refractivity contribution is -0.142. The number of carbonyl (C=O) groups is 1. The average Bonchev–Trinajstić information content (AvgIpc) is 2.98. The first kappa shape index (κ1) is 18.5. The zero-order valence-electron chi connectivity index (χ0n) is 13.6. The van der Waals surface area contributed by atoms with E-state index in [0.29, 0.717) is 6.54 Å². The first-order chi connectivity index (χ1) is 11.1. The van der Waals surface area contributed by atoms with Crippen molar-refractivity contribution in [1.29, 1.82) is 0 Å². The van der Waals surface area contributed by atoms with Gasteiger partial charge < -0.3 is 4.90 Å². The van der Waals surface area contributed by atoms with Crippen molar-refractivity contribution in [3.63, 3.8) is 0 Å². The Bertz CT molecular complexity index is 765. The summed E-state index contributed by atoms with van der Waals surface area (Å²) >= 11 is 2.85. The molecule has 0 unspecified atom stereocenters. The quantitative estimate of drug-likeness (QED) is 0.782. The second kappa shape index (κ2) is 6.58. The zero-order chi connectivity index (χ0) is 18.2. The Morgan fingerprint density at radius 2 is 2.04 bits per heavy atom. The van der Waals surface area contributed by atoms with Crippen molar-refractivity contribution in [2.75, 3.05) is 7.05 Å². The number of hydrogen-bond donors (Lipinski definition) is 0. The highest BCUT2D eigenvalue weighted by atomic mass is 79.9. The summed E-state index contributed by atoms with van der Waals surface area (Å²) in [5.41, 5.74) is 0.487. The van der Waals surface area contributed by atoms with Gasteiger partial charge in [0.1, 0.15) is 5.69 Å². The number of aromatic nitrogens is 4. The number of rotatable bonds is 4. The van der Waals surface area contributed by atoms with Crippen molar-refractivity contribution in [2.24, 2.45) is 7.05 Å². The summed E-state index contributed by atoms with van der Waals surface area (Å²) in [4.78, 5) is 13.9. The number of aryl methyl sites for hydroxylation is 2. The summed E-state index contributed by atoms with van der Waals surface area (Å²) in [6.07, 6.45) is -2.98. The summed E-state index contributed by atoms with van der Waals surface area (Å²) in [5.74, 6) is -0.559. The number of halogens is 4. The zero-order valence-corrected chi connectivity index (χ0v) is 15.2. The van der Waals surface area contributed by atoms with Crippen LogP contribution in [0.2, 0.25) is 0 Å². The van der Waals surface area contributed by atoms with Crippen molar-refractivity contribution in [2.45, 2.75) is 33.1 Å². The number of hydrogen-bond acceptors (Lipinski definition) is 3. The van der Waals surface area contributed by atoms with Gasteiger partial charge in [-0.25, -0.2) is 0 Å². The molecule has 0 aliphatic heterocycles. The molecule has 0 spiro atoms. The molecule has 0 fully saturated rings. The third kappa shape index (κ3) is 3.33. The fraction of sp³-hybridized carbons (Fsp3) is 0.500. The monoisotopic (exact) mass is 407 g/mol. The van der Waals surface area contributed by atoms with Gasteiger partial charge in [0.25, 0.3) is 5.91 Å². The van der Waals surface area contributed by atoms with Gasteiger partial charge in [0.2, 0.25) is 0 Å². The molecule has 0 bridgehead atoms. The van der Waals surface area contributed by atoms with Gasteiger partial charge >= 0.3 is 6.18 Å². The predicted molar refractivity (Wildman–Crippen MR) is 84.3 cm³/mol. The van der Waals surface area contributed by atoms with Crippen LogP contribution in [-0.4, -0.2) is 37.4 Å². The maximum atomic E-state index is 12.9. The van der Waals surface area contributed by atoms with Crippen molar-refractivity contribution in [1.82, 2.24) is 24.5 Å². The number of amides is 1. The van der Waals surface area contributed by atoms with Crippen LogP contribution in [0, 0.1) is 6.92 Å². The van der Waals surface area contributed by atoms with Crippen LogP contribution in [0.15, 0.2) is 10.7 Å². The van der Waals surface area contributed by atoms with Crippen LogP contribution in [0.3, 0.4) is 0 Å². The number of alkyl halides is 3. The first-order valence-corrected chi connectivity index (χ1v) is 7.93. The highest BCUT2D eigenvalue weighted by Crippen LogP contribution is 2.35. The van der Waals surface area contributed by atoms with Crippen LogP contribution in [0.4, 0.5) is 13.2 Å². The van der Waals surface area contributed by atoms with E-state index in [1.807, 2.05) is 13.8 Å². The van der Waals surface area contributed by atoms with E-state index in [9.17, 15) is 18.0 Å². The Labute approximate surface area is 145 Å². The van der Waals surface area contributed by atoms with Gasteiger partial charge in [-0.3, -0.25) is 14.2 Å². The van der Waals surface area contributed by atoms with E-state index in [0.717, 1.165) is 15.9 Å². The highest BCUT2D eigenvalue weighted by molar-refractivity contribution is 9.10. The molecule has 1 amide bonds. The SMILES string of the molecule is CCn1ncc(CN(C)C(=O)c2c(Br)c(C(F)(F)F)nn2C)c1C. The Morgan fingerprint density at radius 3 is 2.50 bits per heavy atom. The molecule has 0 saturated carbocycles. The Balaban J connectivity index is 2.28. The molecule has 2 heterocycles. The smallest absolute Gasteiger partial charge is 0.336 e. The van der Waals surface area contributed by atoms with Crippen LogP contribution in [0.5, 0.6) is 0 Å². The minimum Gasteiger partial charge on any atom is -0.336 e. The van der Waals surface area contributed by atoms with Gasteiger partial charge in [-0.2, -0.15) is 23.4 Å². The molecule has 2 aromatic heterocycles. The number of nitrogens with zero attached hydrogens (tertiary/aromatic N) is 5. The molecule has 24 heavy (non-hydrogen) atoms. The van der Waals surface area contributed by atoms with Gasteiger partial charge in [-0.15, -0.1) is 0 Å². The molecule has 2 aromatic rings. The van der Waals surface area contributed by atoms with E-state index in [1.54, 1.807) is 10.9 Å². The third-order valence-electron chi connectivity index (χ3n) is 3.72. The lowest BCUT2D eigenvalue weighted by atomic mass is 10.2. The Kier molecular flexibility index (Phi) is 5.07. The van der Waals surface area contributed by atoms with Gasteiger partial charge in [0.05, 0.1) is 10.7 Å². The fourth-order valence-electron chi connectivity index (χ4n) is 2.38. The molecule has 0 N–H and O–H groups in total. The standard InChI is InChI=1S/C14H17BrF3N5O/c1-5-23-8(2)9(6-19-23)7-21(3)13(24)11-10(15)12(14(16,17)18)20-22(11)4/h6H,5,7H2,1-4H3. The van der Waals surface area contributed by atoms with Gasteiger partial charge in [0.15, 0.2) is 5.69 Å². The molecule has 0 aliphatic carbocycles. The number of carbonyl (C=O) groups excluding carboxylic acids is 1. The molecule has 6 nitrogen and oxygen atoms in total. The predicted octanol–water partition coefficient (Wildman–Crippen LogP) is 3.00. The molecule has 0 aliphatic rings. The fourth-order valence-corrected chi connectivity index (χ4v) is 3.11. The third-order valence-corrected chi connectivity index (χ3v) is 4.47. The van der Waals surface area contributed by atoms with Crippen molar-refractivity contribution < 1.29 is 18.0 Å². The van der Waals surface area contributed by atoms with Gasteiger partial charge in [-0.05, 0) is 29.8 Å². The van der Waals surface area contributed by atoms with Crippen LogP contribution in [0.1, 0.15) is 34.4 Å². The normalized spacial score (nSPS) is 11.8. The van der Waals surface area contributed by atoms with Crippen LogP contribution >= 0.6 is 15.9 Å². The second-order valence-corrected chi connectivity index (χ2v) is 6.16. The van der Waals surface area contributed by atoms with E-state index >= 15 is 0 Å². The summed E-state index contributed by atoms with van der Waals surface area (Å²) in [6.45, 7) is 4.77. The summed E-state index contributed by atoms with van der Waals surface area (Å²) in [5, 5.41) is 7.60. The Morgan fingerprint density at radius 1 is 1.42 bits per heavy atom. The van der Waals surface area contributed by atoms with Crippen molar-refractivity contribution in [3.8, 4) is 0 Å².